The molecule has 2 rings (SSSR count). The number of Topliss-reactive ketones (excluding diaryl/α,β-unsaturated/α-hetero) is 1. The standard InChI is InChI=1S/C16H15ClO2/c1-11-7-9-13(10-8-11)16(18)12(2)19-15-6-4-3-5-14(15)17/h3-10,12H,1-2H3/t12-/m0/s1. The smallest absolute Gasteiger partial charge is 0.202 e. The molecule has 2 aromatic rings. The van der Waals surface area contributed by atoms with Crippen LogP contribution in [0.5, 0.6) is 5.75 Å². The molecule has 0 saturated carbocycles. The summed E-state index contributed by atoms with van der Waals surface area (Å²) in [6.07, 6.45) is -0.567. The van der Waals surface area contributed by atoms with Crippen LogP contribution < -0.4 is 4.74 Å². The molecule has 19 heavy (non-hydrogen) atoms. The Morgan fingerprint density at radius 2 is 1.74 bits per heavy atom. The van der Waals surface area contributed by atoms with Crippen LogP contribution in [0.15, 0.2) is 48.5 Å². The average Bonchev–Trinajstić information content (AvgIpc) is 2.41. The predicted octanol–water partition coefficient (Wildman–Crippen LogP) is 4.30. The second-order valence-corrected chi connectivity index (χ2v) is 4.83. The lowest BCUT2D eigenvalue weighted by atomic mass is 10.1. The van der Waals surface area contributed by atoms with Gasteiger partial charge in [-0.1, -0.05) is 53.6 Å². The zero-order valence-electron chi connectivity index (χ0n) is 10.9. The molecule has 0 fully saturated rings. The van der Waals surface area contributed by atoms with Gasteiger partial charge in [-0.2, -0.15) is 0 Å². The van der Waals surface area contributed by atoms with Gasteiger partial charge in [-0.3, -0.25) is 4.79 Å². The van der Waals surface area contributed by atoms with E-state index in [0.29, 0.717) is 16.3 Å². The molecule has 2 nitrogen and oxygen atoms in total. The van der Waals surface area contributed by atoms with Crippen LogP contribution in [-0.2, 0) is 0 Å². The molecule has 98 valence electrons. The van der Waals surface area contributed by atoms with Crippen LogP contribution in [0, 0.1) is 6.92 Å². The van der Waals surface area contributed by atoms with Gasteiger partial charge in [-0.05, 0) is 26.0 Å². The molecule has 0 aliphatic rings. The topological polar surface area (TPSA) is 26.3 Å². The van der Waals surface area contributed by atoms with E-state index in [0.717, 1.165) is 5.56 Å². The maximum Gasteiger partial charge on any atom is 0.202 e. The van der Waals surface area contributed by atoms with Gasteiger partial charge in [0.1, 0.15) is 5.75 Å². The number of aryl methyl sites for hydroxylation is 1. The fraction of sp³-hybridized carbons (Fsp3) is 0.188. The van der Waals surface area contributed by atoms with Gasteiger partial charge in [-0.15, -0.1) is 0 Å². The van der Waals surface area contributed by atoms with Crippen molar-refractivity contribution in [3.63, 3.8) is 0 Å². The Morgan fingerprint density at radius 1 is 1.11 bits per heavy atom. The molecule has 0 amide bonds. The molecule has 0 saturated heterocycles. The van der Waals surface area contributed by atoms with E-state index in [4.69, 9.17) is 16.3 Å². The molecule has 3 heteroatoms. The minimum absolute atomic E-state index is 0.0556. The number of hydrogen-bond donors (Lipinski definition) is 0. The van der Waals surface area contributed by atoms with Crippen molar-refractivity contribution in [1.29, 1.82) is 0 Å². The predicted molar refractivity (Wildman–Crippen MR) is 77.1 cm³/mol. The van der Waals surface area contributed by atoms with Crippen molar-refractivity contribution in [2.24, 2.45) is 0 Å². The monoisotopic (exact) mass is 274 g/mol. The highest BCUT2D eigenvalue weighted by Gasteiger charge is 2.17. The van der Waals surface area contributed by atoms with Gasteiger partial charge >= 0.3 is 0 Å². The summed E-state index contributed by atoms with van der Waals surface area (Å²) >= 11 is 6.00. The summed E-state index contributed by atoms with van der Waals surface area (Å²) in [7, 11) is 0. The minimum Gasteiger partial charge on any atom is -0.481 e. The van der Waals surface area contributed by atoms with E-state index >= 15 is 0 Å². The number of halogens is 1. The molecule has 0 N–H and O–H groups in total. The average molecular weight is 275 g/mol. The van der Waals surface area contributed by atoms with Gasteiger partial charge < -0.3 is 4.74 Å². The molecule has 0 aromatic heterocycles. The summed E-state index contributed by atoms with van der Waals surface area (Å²) in [6, 6.07) is 14.6. The van der Waals surface area contributed by atoms with Crippen LogP contribution in [0.4, 0.5) is 0 Å². The summed E-state index contributed by atoms with van der Waals surface area (Å²) < 4.78 is 5.61. The summed E-state index contributed by atoms with van der Waals surface area (Å²) in [5, 5.41) is 0.506. The van der Waals surface area contributed by atoms with Crippen LogP contribution in [0.3, 0.4) is 0 Å². The Bertz CT molecular complexity index is 576. The lowest BCUT2D eigenvalue weighted by Crippen LogP contribution is -2.24. The Hall–Kier alpha value is -1.80. The lowest BCUT2D eigenvalue weighted by molar-refractivity contribution is 0.0818. The van der Waals surface area contributed by atoms with Gasteiger partial charge in [0, 0.05) is 5.56 Å². The summed E-state index contributed by atoms with van der Waals surface area (Å²) in [6.45, 7) is 3.71. The van der Waals surface area contributed by atoms with E-state index in [1.54, 1.807) is 19.1 Å². The fourth-order valence-electron chi connectivity index (χ4n) is 1.74. The highest BCUT2D eigenvalue weighted by Crippen LogP contribution is 2.24. The van der Waals surface area contributed by atoms with Crippen molar-refractivity contribution < 1.29 is 9.53 Å². The molecular weight excluding hydrogens is 260 g/mol. The maximum absolute atomic E-state index is 12.2. The van der Waals surface area contributed by atoms with Crippen LogP contribution in [0.1, 0.15) is 22.8 Å². The molecule has 0 spiro atoms. The van der Waals surface area contributed by atoms with E-state index in [9.17, 15) is 4.79 Å². The Balaban J connectivity index is 2.12. The molecule has 0 unspecified atom stereocenters. The van der Waals surface area contributed by atoms with Crippen LogP contribution in [0.2, 0.25) is 5.02 Å². The third kappa shape index (κ3) is 3.36. The van der Waals surface area contributed by atoms with Crippen molar-refractivity contribution in [2.45, 2.75) is 20.0 Å². The molecule has 2 aromatic carbocycles. The van der Waals surface area contributed by atoms with E-state index in [2.05, 4.69) is 0 Å². The number of para-hydroxylation sites is 1. The third-order valence-corrected chi connectivity index (χ3v) is 3.16. The van der Waals surface area contributed by atoms with Crippen LogP contribution in [-0.4, -0.2) is 11.9 Å². The molecule has 1 atom stereocenters. The maximum atomic E-state index is 12.2. The molecular formula is C16H15ClO2. The molecule has 0 aliphatic heterocycles. The third-order valence-electron chi connectivity index (χ3n) is 2.85. The Kier molecular flexibility index (Phi) is 4.23. The van der Waals surface area contributed by atoms with E-state index in [-0.39, 0.29) is 5.78 Å². The first-order valence-corrected chi connectivity index (χ1v) is 6.48. The molecule has 0 aliphatic carbocycles. The highest BCUT2D eigenvalue weighted by molar-refractivity contribution is 6.32. The van der Waals surface area contributed by atoms with Crippen molar-refractivity contribution in [2.75, 3.05) is 0 Å². The van der Waals surface area contributed by atoms with Crippen molar-refractivity contribution in [1.82, 2.24) is 0 Å². The largest absolute Gasteiger partial charge is 0.481 e. The minimum atomic E-state index is -0.567. The van der Waals surface area contributed by atoms with Gasteiger partial charge in [0.25, 0.3) is 0 Å². The molecule has 0 bridgehead atoms. The first-order chi connectivity index (χ1) is 9.08. The first kappa shape index (κ1) is 13.6. The van der Waals surface area contributed by atoms with Crippen molar-refractivity contribution >= 4 is 17.4 Å². The van der Waals surface area contributed by atoms with E-state index in [1.807, 2.05) is 43.3 Å². The normalized spacial score (nSPS) is 11.9. The SMILES string of the molecule is Cc1ccc(C(=O)[C@H](C)Oc2ccccc2Cl)cc1. The number of ether oxygens (including phenoxy) is 1. The molecule has 0 heterocycles. The van der Waals surface area contributed by atoms with Gasteiger partial charge in [0.05, 0.1) is 5.02 Å². The number of carbonyl (C=O) groups is 1. The second-order valence-electron chi connectivity index (χ2n) is 4.42. The molecule has 0 radical (unpaired) electrons. The quantitative estimate of drug-likeness (QED) is 0.777. The van der Waals surface area contributed by atoms with Crippen molar-refractivity contribution in [3.05, 3.63) is 64.7 Å². The number of benzene rings is 2. The second kappa shape index (κ2) is 5.89. The van der Waals surface area contributed by atoms with Crippen LogP contribution in [0.25, 0.3) is 0 Å². The first-order valence-electron chi connectivity index (χ1n) is 6.10. The van der Waals surface area contributed by atoms with Gasteiger partial charge in [0.15, 0.2) is 6.10 Å². The fourth-order valence-corrected chi connectivity index (χ4v) is 1.92. The zero-order valence-corrected chi connectivity index (χ0v) is 11.6. The van der Waals surface area contributed by atoms with Gasteiger partial charge in [0.2, 0.25) is 5.78 Å². The highest BCUT2D eigenvalue weighted by atomic mass is 35.5. The van der Waals surface area contributed by atoms with Gasteiger partial charge in [-0.25, -0.2) is 0 Å². The number of hydrogen-bond acceptors (Lipinski definition) is 2. The zero-order chi connectivity index (χ0) is 13.8. The summed E-state index contributed by atoms with van der Waals surface area (Å²) in [4.78, 5) is 12.2. The van der Waals surface area contributed by atoms with Crippen LogP contribution >= 0.6 is 11.6 Å². The summed E-state index contributed by atoms with van der Waals surface area (Å²) in [5.41, 5.74) is 1.77. The number of carbonyl (C=O) groups excluding carboxylic acids is 1. The lowest BCUT2D eigenvalue weighted by Gasteiger charge is -2.14. The Morgan fingerprint density at radius 3 is 2.37 bits per heavy atom. The Labute approximate surface area is 118 Å². The van der Waals surface area contributed by atoms with E-state index in [1.165, 1.54) is 0 Å². The van der Waals surface area contributed by atoms with Crippen molar-refractivity contribution in [3.8, 4) is 5.75 Å². The summed E-state index contributed by atoms with van der Waals surface area (Å²) in [5.74, 6) is 0.469. The van der Waals surface area contributed by atoms with E-state index < -0.39 is 6.10 Å². The number of ketones is 1. The number of rotatable bonds is 4.